The minimum Gasteiger partial charge on any atom is -0.355 e. The van der Waals surface area contributed by atoms with E-state index in [2.05, 4.69) is 15.9 Å². The third-order valence-electron chi connectivity index (χ3n) is 1.40. The van der Waals surface area contributed by atoms with E-state index in [1.165, 1.54) is 0 Å². The number of halogens is 1. The van der Waals surface area contributed by atoms with Gasteiger partial charge in [-0.2, -0.15) is 0 Å². The maximum absolute atomic E-state index is 5.27. The van der Waals surface area contributed by atoms with Crippen LogP contribution < -0.4 is 0 Å². The minimum absolute atomic E-state index is 0.429. The van der Waals surface area contributed by atoms with Crippen molar-refractivity contribution in [1.82, 2.24) is 0 Å². The SMILES string of the molecule is BrCCC1CCOCO1. The lowest BCUT2D eigenvalue weighted by molar-refractivity contribution is -0.138. The zero-order valence-corrected chi connectivity index (χ0v) is 6.89. The Morgan fingerprint density at radius 1 is 1.56 bits per heavy atom. The van der Waals surface area contributed by atoms with Crippen LogP contribution in [-0.4, -0.2) is 24.8 Å². The van der Waals surface area contributed by atoms with E-state index in [9.17, 15) is 0 Å². The van der Waals surface area contributed by atoms with Gasteiger partial charge in [-0.1, -0.05) is 15.9 Å². The molecule has 0 radical (unpaired) electrons. The van der Waals surface area contributed by atoms with Crippen LogP contribution >= 0.6 is 15.9 Å². The van der Waals surface area contributed by atoms with Gasteiger partial charge in [0.05, 0.1) is 12.7 Å². The molecule has 1 rings (SSSR count). The van der Waals surface area contributed by atoms with E-state index < -0.39 is 0 Å². The molecule has 0 N–H and O–H groups in total. The van der Waals surface area contributed by atoms with Gasteiger partial charge in [-0.05, 0) is 12.8 Å². The summed E-state index contributed by atoms with van der Waals surface area (Å²) in [7, 11) is 0. The number of hydrogen-bond donors (Lipinski definition) is 0. The lowest BCUT2D eigenvalue weighted by Gasteiger charge is -2.21. The monoisotopic (exact) mass is 194 g/mol. The molecule has 0 aromatic carbocycles. The predicted molar refractivity (Wildman–Crippen MR) is 38.7 cm³/mol. The summed E-state index contributed by atoms with van der Waals surface area (Å²) in [6, 6.07) is 0. The van der Waals surface area contributed by atoms with Crippen molar-refractivity contribution in [3.05, 3.63) is 0 Å². The van der Waals surface area contributed by atoms with Gasteiger partial charge in [0.1, 0.15) is 6.79 Å². The second-order valence-electron chi connectivity index (χ2n) is 2.08. The Hall–Kier alpha value is 0.400. The van der Waals surface area contributed by atoms with Crippen molar-refractivity contribution >= 4 is 15.9 Å². The highest BCUT2D eigenvalue weighted by molar-refractivity contribution is 9.09. The van der Waals surface area contributed by atoms with Crippen molar-refractivity contribution in [2.75, 3.05) is 18.7 Å². The van der Waals surface area contributed by atoms with Gasteiger partial charge in [0.2, 0.25) is 0 Å². The van der Waals surface area contributed by atoms with Crippen LogP contribution in [0.15, 0.2) is 0 Å². The van der Waals surface area contributed by atoms with Crippen molar-refractivity contribution in [3.8, 4) is 0 Å². The summed E-state index contributed by atoms with van der Waals surface area (Å²) in [6.45, 7) is 1.34. The van der Waals surface area contributed by atoms with E-state index in [1.807, 2.05) is 0 Å². The van der Waals surface area contributed by atoms with Crippen LogP contribution in [0.25, 0.3) is 0 Å². The highest BCUT2D eigenvalue weighted by Crippen LogP contribution is 2.10. The Balaban J connectivity index is 2.08. The van der Waals surface area contributed by atoms with E-state index in [4.69, 9.17) is 9.47 Å². The average Bonchev–Trinajstić information content (AvgIpc) is 1.91. The van der Waals surface area contributed by atoms with Crippen LogP contribution in [0.3, 0.4) is 0 Å². The predicted octanol–water partition coefficient (Wildman–Crippen LogP) is 1.53. The molecule has 1 unspecified atom stereocenters. The van der Waals surface area contributed by atoms with Gasteiger partial charge >= 0.3 is 0 Å². The molecule has 0 aliphatic carbocycles. The summed E-state index contributed by atoms with van der Waals surface area (Å²) in [6.07, 6.45) is 2.58. The second-order valence-corrected chi connectivity index (χ2v) is 2.87. The van der Waals surface area contributed by atoms with Gasteiger partial charge in [-0.3, -0.25) is 0 Å². The molecule has 2 nitrogen and oxygen atoms in total. The molecular weight excluding hydrogens is 184 g/mol. The molecule has 0 aromatic rings. The largest absolute Gasteiger partial charge is 0.355 e. The zero-order chi connectivity index (χ0) is 6.53. The number of alkyl halides is 1. The zero-order valence-electron chi connectivity index (χ0n) is 5.31. The second kappa shape index (κ2) is 4.25. The highest BCUT2D eigenvalue weighted by atomic mass is 79.9. The Bertz CT molecular complexity index is 68.7. The van der Waals surface area contributed by atoms with Crippen molar-refractivity contribution in [1.29, 1.82) is 0 Å². The highest BCUT2D eigenvalue weighted by Gasteiger charge is 2.11. The maximum atomic E-state index is 5.27. The summed E-state index contributed by atoms with van der Waals surface area (Å²) in [5.74, 6) is 0. The van der Waals surface area contributed by atoms with Crippen LogP contribution in [0.1, 0.15) is 12.8 Å². The van der Waals surface area contributed by atoms with Crippen LogP contribution in [0.5, 0.6) is 0 Å². The molecular formula is C6H11BrO2. The third kappa shape index (κ3) is 2.65. The number of ether oxygens (including phenoxy) is 2. The summed E-state index contributed by atoms with van der Waals surface area (Å²) in [5.41, 5.74) is 0. The molecule has 54 valence electrons. The van der Waals surface area contributed by atoms with Crippen molar-refractivity contribution in [3.63, 3.8) is 0 Å². The summed E-state index contributed by atoms with van der Waals surface area (Å²) < 4.78 is 10.3. The van der Waals surface area contributed by atoms with Crippen molar-refractivity contribution in [2.24, 2.45) is 0 Å². The molecule has 1 aliphatic rings. The van der Waals surface area contributed by atoms with Gasteiger partial charge in [-0.15, -0.1) is 0 Å². The fourth-order valence-corrected chi connectivity index (χ4v) is 1.36. The molecule has 1 fully saturated rings. The molecule has 1 aliphatic heterocycles. The fraction of sp³-hybridized carbons (Fsp3) is 1.00. The molecule has 9 heavy (non-hydrogen) atoms. The lowest BCUT2D eigenvalue weighted by Crippen LogP contribution is -2.23. The number of hydrogen-bond acceptors (Lipinski definition) is 2. The van der Waals surface area contributed by atoms with Gasteiger partial charge < -0.3 is 9.47 Å². The quantitative estimate of drug-likeness (QED) is 0.622. The molecule has 1 heterocycles. The number of rotatable bonds is 2. The standard InChI is InChI=1S/C6H11BrO2/c7-3-1-6-2-4-8-5-9-6/h6H,1-5H2. The summed E-state index contributed by atoms with van der Waals surface area (Å²) >= 11 is 3.36. The van der Waals surface area contributed by atoms with E-state index in [1.54, 1.807) is 0 Å². The molecule has 1 atom stereocenters. The lowest BCUT2D eigenvalue weighted by atomic mass is 10.2. The molecule has 0 saturated carbocycles. The fourth-order valence-electron chi connectivity index (χ4n) is 0.851. The normalized spacial score (nSPS) is 28.3. The summed E-state index contributed by atoms with van der Waals surface area (Å²) in [5, 5.41) is 1.03. The maximum Gasteiger partial charge on any atom is 0.147 e. The Morgan fingerprint density at radius 3 is 3.00 bits per heavy atom. The van der Waals surface area contributed by atoms with Crippen LogP contribution in [-0.2, 0) is 9.47 Å². The Morgan fingerprint density at radius 2 is 2.44 bits per heavy atom. The molecule has 0 aromatic heterocycles. The van der Waals surface area contributed by atoms with E-state index in [-0.39, 0.29) is 0 Å². The first kappa shape index (κ1) is 7.51. The Kier molecular flexibility index (Phi) is 3.55. The first-order valence-corrected chi connectivity index (χ1v) is 4.31. The molecule has 3 heteroatoms. The molecule has 0 spiro atoms. The van der Waals surface area contributed by atoms with E-state index in [0.29, 0.717) is 12.9 Å². The van der Waals surface area contributed by atoms with Crippen molar-refractivity contribution < 1.29 is 9.47 Å². The first-order chi connectivity index (χ1) is 4.43. The van der Waals surface area contributed by atoms with Crippen LogP contribution in [0.2, 0.25) is 0 Å². The average molecular weight is 195 g/mol. The van der Waals surface area contributed by atoms with Crippen LogP contribution in [0, 0.1) is 0 Å². The van der Waals surface area contributed by atoms with Gasteiger partial charge in [-0.25, -0.2) is 0 Å². The van der Waals surface area contributed by atoms with Gasteiger partial charge in [0, 0.05) is 5.33 Å². The van der Waals surface area contributed by atoms with Crippen molar-refractivity contribution in [2.45, 2.75) is 18.9 Å². The van der Waals surface area contributed by atoms with E-state index in [0.717, 1.165) is 24.8 Å². The third-order valence-corrected chi connectivity index (χ3v) is 1.86. The van der Waals surface area contributed by atoms with Gasteiger partial charge in [0.25, 0.3) is 0 Å². The smallest absolute Gasteiger partial charge is 0.147 e. The minimum atomic E-state index is 0.429. The van der Waals surface area contributed by atoms with Crippen LogP contribution in [0.4, 0.5) is 0 Å². The molecule has 0 bridgehead atoms. The Labute approximate surface area is 63.7 Å². The molecule has 0 amide bonds. The molecule has 1 saturated heterocycles. The first-order valence-electron chi connectivity index (χ1n) is 3.19. The van der Waals surface area contributed by atoms with E-state index >= 15 is 0 Å². The summed E-state index contributed by atoms with van der Waals surface area (Å²) in [4.78, 5) is 0. The topological polar surface area (TPSA) is 18.5 Å². The van der Waals surface area contributed by atoms with Gasteiger partial charge in [0.15, 0.2) is 0 Å².